The summed E-state index contributed by atoms with van der Waals surface area (Å²) in [6.07, 6.45) is 3.71. The maximum atomic E-state index is 4.58. The van der Waals surface area contributed by atoms with Crippen molar-refractivity contribution in [2.75, 3.05) is 0 Å². The first kappa shape index (κ1) is 31.2. The molecule has 3 heteroatoms. The van der Waals surface area contributed by atoms with Crippen LogP contribution in [0.4, 0.5) is 0 Å². The summed E-state index contributed by atoms with van der Waals surface area (Å²) in [5.74, 6) is 0. The summed E-state index contributed by atoms with van der Waals surface area (Å²) in [6.45, 7) is 11.7. The minimum Gasteiger partial charge on any atom is -0.256 e. The smallest absolute Gasteiger partial charge is 0.0776 e. The minimum atomic E-state index is -1.68. The normalized spacial score (nSPS) is 11.4. The van der Waals surface area contributed by atoms with Crippen molar-refractivity contribution in [3.05, 3.63) is 163 Å². The standard InChI is InChI=1S/C45H40N2Si/c1-31-26-33(44-18-10-12-24-46-44)20-22-38(31)42-16-8-6-14-40(42)35-28-36(30-37(29-35)48(3,4)5)41-15-7-9-17-43(41)39-23-21-34(27-32(39)2)45-19-11-13-25-47-45/h6-30H,1-5H3. The van der Waals surface area contributed by atoms with Gasteiger partial charge in [0, 0.05) is 23.5 Å². The lowest BCUT2D eigenvalue weighted by Crippen LogP contribution is -2.37. The predicted octanol–water partition coefficient (Wildman–Crippen LogP) is 11.6. The van der Waals surface area contributed by atoms with E-state index in [0.29, 0.717) is 0 Å². The van der Waals surface area contributed by atoms with Gasteiger partial charge in [-0.2, -0.15) is 0 Å². The van der Waals surface area contributed by atoms with Crippen LogP contribution in [0.15, 0.2) is 152 Å². The van der Waals surface area contributed by atoms with Gasteiger partial charge in [-0.15, -0.1) is 0 Å². The van der Waals surface area contributed by atoms with Crippen LogP contribution >= 0.6 is 0 Å². The van der Waals surface area contributed by atoms with Crippen LogP contribution in [-0.2, 0) is 0 Å². The third-order valence-corrected chi connectivity index (χ3v) is 11.3. The Balaban J connectivity index is 1.35. The van der Waals surface area contributed by atoms with Gasteiger partial charge < -0.3 is 0 Å². The second-order valence-electron chi connectivity index (χ2n) is 13.6. The van der Waals surface area contributed by atoms with E-state index in [2.05, 4.69) is 159 Å². The van der Waals surface area contributed by atoms with E-state index in [9.17, 15) is 0 Å². The third-order valence-electron chi connectivity index (χ3n) is 9.23. The molecule has 0 unspecified atom stereocenters. The van der Waals surface area contributed by atoms with Crippen molar-refractivity contribution < 1.29 is 0 Å². The van der Waals surface area contributed by atoms with Crippen LogP contribution in [-0.4, -0.2) is 18.0 Å². The third kappa shape index (κ3) is 6.30. The molecule has 0 amide bonds. The summed E-state index contributed by atoms with van der Waals surface area (Å²) in [5, 5.41) is 1.45. The highest BCUT2D eigenvalue weighted by molar-refractivity contribution is 6.88. The van der Waals surface area contributed by atoms with E-state index in [-0.39, 0.29) is 0 Å². The molecule has 0 N–H and O–H groups in total. The Bertz CT molecular complexity index is 2080. The number of hydrogen-bond acceptors (Lipinski definition) is 2. The van der Waals surface area contributed by atoms with Crippen molar-refractivity contribution in [2.24, 2.45) is 0 Å². The Morgan fingerprint density at radius 3 is 1.17 bits per heavy atom. The average Bonchev–Trinajstić information content (AvgIpc) is 3.12. The zero-order valence-electron chi connectivity index (χ0n) is 28.3. The number of pyridine rings is 2. The summed E-state index contributed by atoms with van der Waals surface area (Å²) in [5.41, 5.74) is 16.7. The zero-order valence-corrected chi connectivity index (χ0v) is 29.3. The summed E-state index contributed by atoms with van der Waals surface area (Å²) < 4.78 is 0. The van der Waals surface area contributed by atoms with Crippen LogP contribution in [0.5, 0.6) is 0 Å². The van der Waals surface area contributed by atoms with Crippen LogP contribution in [0.1, 0.15) is 11.1 Å². The van der Waals surface area contributed by atoms with Gasteiger partial charge in [-0.05, 0) is 112 Å². The molecular weight excluding hydrogens is 597 g/mol. The van der Waals surface area contributed by atoms with E-state index in [0.717, 1.165) is 22.5 Å². The van der Waals surface area contributed by atoms with Gasteiger partial charge in [-0.3, -0.25) is 9.97 Å². The molecule has 0 atom stereocenters. The zero-order chi connectivity index (χ0) is 33.3. The largest absolute Gasteiger partial charge is 0.256 e. The molecule has 2 heterocycles. The Morgan fingerprint density at radius 2 is 0.792 bits per heavy atom. The van der Waals surface area contributed by atoms with E-state index < -0.39 is 8.07 Å². The van der Waals surface area contributed by atoms with Crippen molar-refractivity contribution in [1.82, 2.24) is 9.97 Å². The fraction of sp³-hybridized carbons (Fsp3) is 0.111. The first-order valence-corrected chi connectivity index (χ1v) is 20.2. The Kier molecular flexibility index (Phi) is 8.47. The van der Waals surface area contributed by atoms with Gasteiger partial charge in [0.25, 0.3) is 0 Å². The van der Waals surface area contributed by atoms with Crippen LogP contribution in [0, 0.1) is 13.8 Å². The second-order valence-corrected chi connectivity index (χ2v) is 18.7. The maximum Gasteiger partial charge on any atom is 0.0776 e. The van der Waals surface area contributed by atoms with Crippen molar-refractivity contribution in [3.8, 4) is 67.0 Å². The van der Waals surface area contributed by atoms with Gasteiger partial charge in [-0.25, -0.2) is 0 Å². The van der Waals surface area contributed by atoms with E-state index in [1.54, 1.807) is 0 Å². The summed E-state index contributed by atoms with van der Waals surface area (Å²) >= 11 is 0. The van der Waals surface area contributed by atoms with Crippen molar-refractivity contribution in [1.29, 1.82) is 0 Å². The summed E-state index contributed by atoms with van der Waals surface area (Å²) in [4.78, 5) is 9.16. The van der Waals surface area contributed by atoms with Crippen molar-refractivity contribution in [2.45, 2.75) is 33.5 Å². The van der Waals surface area contributed by atoms with Crippen LogP contribution in [0.2, 0.25) is 19.6 Å². The molecule has 2 nitrogen and oxygen atoms in total. The molecular formula is C45H40N2Si. The maximum absolute atomic E-state index is 4.58. The molecule has 0 saturated heterocycles. The molecule has 0 fully saturated rings. The van der Waals surface area contributed by atoms with E-state index >= 15 is 0 Å². The van der Waals surface area contributed by atoms with Crippen LogP contribution in [0.3, 0.4) is 0 Å². The van der Waals surface area contributed by atoms with Crippen molar-refractivity contribution in [3.63, 3.8) is 0 Å². The molecule has 7 rings (SSSR count). The molecule has 7 aromatic rings. The fourth-order valence-electron chi connectivity index (χ4n) is 6.63. The summed E-state index contributed by atoms with van der Waals surface area (Å²) in [7, 11) is -1.68. The Labute approximate surface area is 285 Å². The van der Waals surface area contributed by atoms with Gasteiger partial charge >= 0.3 is 0 Å². The molecule has 0 aliphatic rings. The topological polar surface area (TPSA) is 25.8 Å². The molecule has 0 spiro atoms. The lowest BCUT2D eigenvalue weighted by molar-refractivity contribution is 1.32. The second kappa shape index (κ2) is 13.0. The van der Waals surface area contributed by atoms with Gasteiger partial charge in [0.1, 0.15) is 0 Å². The van der Waals surface area contributed by atoms with E-state index in [4.69, 9.17) is 0 Å². The van der Waals surface area contributed by atoms with Gasteiger partial charge in [0.15, 0.2) is 0 Å². The van der Waals surface area contributed by atoms with Gasteiger partial charge in [0.2, 0.25) is 0 Å². The molecule has 0 aliphatic carbocycles. The van der Waals surface area contributed by atoms with E-state index in [1.165, 1.54) is 60.8 Å². The number of benzene rings is 5. The Hall–Kier alpha value is -5.38. The highest BCUT2D eigenvalue weighted by atomic mass is 28.3. The number of aromatic nitrogens is 2. The number of rotatable bonds is 7. The molecule has 2 aromatic heterocycles. The van der Waals surface area contributed by atoms with E-state index in [1.807, 2.05) is 36.7 Å². The van der Waals surface area contributed by atoms with Crippen LogP contribution in [0.25, 0.3) is 67.0 Å². The first-order chi connectivity index (χ1) is 23.3. The predicted molar refractivity (Wildman–Crippen MR) is 207 cm³/mol. The molecule has 48 heavy (non-hydrogen) atoms. The molecule has 5 aromatic carbocycles. The molecule has 0 bridgehead atoms. The fourth-order valence-corrected chi connectivity index (χ4v) is 7.81. The highest BCUT2D eigenvalue weighted by Crippen LogP contribution is 2.40. The highest BCUT2D eigenvalue weighted by Gasteiger charge is 2.21. The molecule has 0 saturated carbocycles. The minimum absolute atomic E-state index is 0.994. The lowest BCUT2D eigenvalue weighted by atomic mass is 9.88. The number of aryl methyl sites for hydroxylation is 2. The van der Waals surface area contributed by atoms with Gasteiger partial charge in [0.05, 0.1) is 19.5 Å². The number of nitrogens with zero attached hydrogens (tertiary/aromatic N) is 2. The lowest BCUT2D eigenvalue weighted by Gasteiger charge is -2.22. The molecule has 234 valence electrons. The summed E-state index contributed by atoms with van der Waals surface area (Å²) in [6, 6.07) is 50.6. The first-order valence-electron chi connectivity index (χ1n) is 16.7. The molecule has 0 aliphatic heterocycles. The Morgan fingerprint density at radius 1 is 0.375 bits per heavy atom. The average molecular weight is 637 g/mol. The quantitative estimate of drug-likeness (QED) is 0.163. The number of hydrogen-bond donors (Lipinski definition) is 0. The van der Waals surface area contributed by atoms with Crippen LogP contribution < -0.4 is 5.19 Å². The molecule has 0 radical (unpaired) electrons. The van der Waals surface area contributed by atoms with Gasteiger partial charge in [-0.1, -0.05) is 122 Å². The van der Waals surface area contributed by atoms with Crippen molar-refractivity contribution >= 4 is 13.3 Å². The monoisotopic (exact) mass is 636 g/mol. The SMILES string of the molecule is Cc1cc(-c2ccccn2)ccc1-c1ccccc1-c1cc(-c2ccccc2-c2ccc(-c3ccccn3)cc2C)cc([Si](C)(C)C)c1.